The van der Waals surface area contributed by atoms with Crippen molar-refractivity contribution in [2.24, 2.45) is 10.9 Å². The number of carbonyl (C=O) groups is 2. The van der Waals surface area contributed by atoms with Crippen molar-refractivity contribution in [3.8, 4) is 0 Å². The number of hydrogen-bond donors (Lipinski definition) is 0. The zero-order chi connectivity index (χ0) is 31.2. The Labute approximate surface area is 262 Å². The Balaban J connectivity index is 2.02. The van der Waals surface area contributed by atoms with E-state index in [0.29, 0.717) is 23.4 Å². The first-order valence-corrected chi connectivity index (χ1v) is 19.4. The molecule has 2 aliphatic heterocycles. The first-order valence-electron chi connectivity index (χ1n) is 13.9. The van der Waals surface area contributed by atoms with Crippen LogP contribution in [0.4, 0.5) is 9.59 Å². The van der Waals surface area contributed by atoms with Crippen LogP contribution < -0.4 is 0 Å². The van der Waals surface area contributed by atoms with Crippen LogP contribution in [0.1, 0.15) is 80.7 Å². The second-order valence-electron chi connectivity index (χ2n) is 14.6. The molecule has 0 saturated carbocycles. The molecule has 0 radical (unpaired) electrons. The Hall–Kier alpha value is -0.993. The van der Waals surface area contributed by atoms with E-state index in [1.807, 2.05) is 5.38 Å². The van der Waals surface area contributed by atoms with Crippen molar-refractivity contribution in [3.05, 3.63) is 15.0 Å². The average molecular weight is 693 g/mol. The molecule has 0 aromatic carbocycles. The minimum atomic E-state index is -1.99. The molecule has 1 aromatic heterocycles. The van der Waals surface area contributed by atoms with Gasteiger partial charge in [0.1, 0.15) is 26.4 Å². The standard InChI is InChI=1S/C28H46BrN3O6S2Si/c1-24(2,3)37-22(33)32(23(34)38-25(4,5)6)21-31-28(20-30-19(29)15-39-20)17-35-27(10,13-18(28)14-40-21)16-36-41(11,12)26(7,8)9/h15,18H,13-14,16-17H2,1-12H3/t18-,27+,28-/m0/s1. The maximum atomic E-state index is 13.4. The number of hydrogen-bond acceptors (Lipinski definition) is 10. The third-order valence-corrected chi connectivity index (χ3v) is 14.7. The SMILES string of the molecule is CC(C)(C)OC(=O)N(C(=O)OC(C)(C)C)C1=N[C@@]2(c3nc(Br)cs3)CO[C@@](C)(CO[Si](C)(C)C(C)(C)C)C[C@H]2CS1. The lowest BCUT2D eigenvalue weighted by atomic mass is 9.76. The summed E-state index contributed by atoms with van der Waals surface area (Å²) in [5, 5.41) is 2.96. The molecule has 0 bridgehead atoms. The van der Waals surface area contributed by atoms with Crippen LogP contribution in [0, 0.1) is 5.92 Å². The van der Waals surface area contributed by atoms with Crippen LogP contribution in [0.2, 0.25) is 18.1 Å². The van der Waals surface area contributed by atoms with E-state index in [2.05, 4.69) is 56.7 Å². The Morgan fingerprint density at radius 1 is 1.10 bits per heavy atom. The molecule has 13 heteroatoms. The van der Waals surface area contributed by atoms with Gasteiger partial charge in [-0.25, -0.2) is 19.6 Å². The molecule has 41 heavy (non-hydrogen) atoms. The number of amidine groups is 1. The highest BCUT2D eigenvalue weighted by molar-refractivity contribution is 9.10. The summed E-state index contributed by atoms with van der Waals surface area (Å²) in [6, 6.07) is 0. The summed E-state index contributed by atoms with van der Waals surface area (Å²) in [5.41, 5.74) is -3.05. The lowest BCUT2D eigenvalue weighted by Gasteiger charge is -2.50. The van der Waals surface area contributed by atoms with Crippen LogP contribution >= 0.6 is 39.0 Å². The average Bonchev–Trinajstić information content (AvgIpc) is 3.22. The number of aliphatic imine (C=N–C) groups is 1. The van der Waals surface area contributed by atoms with Crippen molar-refractivity contribution < 1.29 is 28.2 Å². The number of carbonyl (C=O) groups excluding carboxylic acids is 2. The molecule has 2 amide bonds. The highest BCUT2D eigenvalue weighted by Crippen LogP contribution is 2.51. The monoisotopic (exact) mass is 691 g/mol. The van der Waals surface area contributed by atoms with E-state index in [1.54, 1.807) is 41.5 Å². The molecule has 9 nitrogen and oxygen atoms in total. The minimum Gasteiger partial charge on any atom is -0.443 e. The Bertz CT molecular complexity index is 1140. The number of aromatic nitrogens is 1. The van der Waals surface area contributed by atoms with Gasteiger partial charge in [-0.1, -0.05) is 32.5 Å². The number of nitrogens with zero attached hydrogens (tertiary/aromatic N) is 3. The molecule has 0 unspecified atom stereocenters. The fourth-order valence-electron chi connectivity index (χ4n) is 4.20. The maximum absolute atomic E-state index is 13.4. The molecule has 0 aliphatic carbocycles. The van der Waals surface area contributed by atoms with Gasteiger partial charge in [0.25, 0.3) is 0 Å². The number of halogens is 1. The molecule has 1 saturated heterocycles. The Kier molecular flexibility index (Phi) is 9.96. The minimum absolute atomic E-state index is 0.0233. The molecule has 1 fully saturated rings. The van der Waals surface area contributed by atoms with Gasteiger partial charge in [-0.3, -0.25) is 0 Å². The van der Waals surface area contributed by atoms with Gasteiger partial charge in [-0.05, 0) is 88.9 Å². The van der Waals surface area contributed by atoms with Gasteiger partial charge >= 0.3 is 12.2 Å². The number of ether oxygens (including phenoxy) is 3. The van der Waals surface area contributed by atoms with Gasteiger partial charge in [0.15, 0.2) is 13.5 Å². The third kappa shape index (κ3) is 8.35. The van der Waals surface area contributed by atoms with Gasteiger partial charge < -0.3 is 18.6 Å². The van der Waals surface area contributed by atoms with E-state index in [0.717, 1.165) is 9.91 Å². The van der Waals surface area contributed by atoms with Crippen LogP contribution in [-0.2, 0) is 24.2 Å². The smallest absolute Gasteiger partial charge is 0.426 e. The highest BCUT2D eigenvalue weighted by atomic mass is 79.9. The normalized spacial score (nSPS) is 25.7. The van der Waals surface area contributed by atoms with Gasteiger partial charge in [0, 0.05) is 17.1 Å². The lowest BCUT2D eigenvalue weighted by Crippen LogP contribution is -2.57. The number of rotatable bonds is 4. The van der Waals surface area contributed by atoms with Crippen molar-refractivity contribution in [2.45, 2.75) is 116 Å². The van der Waals surface area contributed by atoms with Crippen LogP contribution in [0.25, 0.3) is 0 Å². The number of thiazole rings is 1. The molecule has 3 rings (SSSR count). The van der Waals surface area contributed by atoms with E-state index in [4.69, 9.17) is 28.6 Å². The molecule has 232 valence electrons. The van der Waals surface area contributed by atoms with Gasteiger partial charge in [0.2, 0.25) is 0 Å². The zero-order valence-corrected chi connectivity index (χ0v) is 30.7. The topological polar surface area (TPSA) is 99.6 Å². The quantitative estimate of drug-likeness (QED) is 0.292. The Morgan fingerprint density at radius 3 is 2.12 bits per heavy atom. The van der Waals surface area contributed by atoms with Crippen LogP contribution in [0.5, 0.6) is 0 Å². The highest BCUT2D eigenvalue weighted by Gasteiger charge is 2.55. The summed E-state index contributed by atoms with van der Waals surface area (Å²) >= 11 is 6.31. The van der Waals surface area contributed by atoms with Gasteiger partial charge in [0.05, 0.1) is 18.8 Å². The molecule has 3 heterocycles. The molecule has 3 atom stereocenters. The molecule has 0 N–H and O–H groups in total. The van der Waals surface area contributed by atoms with E-state index in [-0.39, 0.29) is 22.7 Å². The number of fused-ring (bicyclic) bond motifs is 1. The van der Waals surface area contributed by atoms with Crippen molar-refractivity contribution in [1.82, 2.24) is 9.88 Å². The molecule has 1 aromatic rings. The maximum Gasteiger partial charge on any atom is 0.426 e. The van der Waals surface area contributed by atoms with Crippen molar-refractivity contribution in [2.75, 3.05) is 19.0 Å². The zero-order valence-electron chi connectivity index (χ0n) is 26.5. The fourth-order valence-corrected chi connectivity index (χ4v) is 8.01. The summed E-state index contributed by atoms with van der Waals surface area (Å²) in [5.74, 6) is 0.618. The summed E-state index contributed by atoms with van der Waals surface area (Å²) in [6.07, 6.45) is -0.992. The molecule has 2 aliphatic rings. The lowest BCUT2D eigenvalue weighted by molar-refractivity contribution is -0.139. The van der Waals surface area contributed by atoms with Crippen molar-refractivity contribution >= 4 is 64.7 Å². The molecular weight excluding hydrogens is 646 g/mol. The van der Waals surface area contributed by atoms with Crippen molar-refractivity contribution in [3.63, 3.8) is 0 Å². The van der Waals surface area contributed by atoms with E-state index < -0.39 is 42.8 Å². The number of amides is 2. The summed E-state index contributed by atoms with van der Waals surface area (Å²) in [6.45, 7) is 24.5. The molecule has 0 spiro atoms. The summed E-state index contributed by atoms with van der Waals surface area (Å²) in [4.78, 5) is 37.6. The van der Waals surface area contributed by atoms with E-state index in [9.17, 15) is 9.59 Å². The van der Waals surface area contributed by atoms with Gasteiger partial charge in [-0.15, -0.1) is 11.3 Å². The van der Waals surface area contributed by atoms with E-state index in [1.165, 1.54) is 23.1 Å². The Morgan fingerprint density at radius 2 is 1.66 bits per heavy atom. The summed E-state index contributed by atoms with van der Waals surface area (Å²) < 4.78 is 25.1. The first-order chi connectivity index (χ1) is 18.5. The first kappa shape index (κ1) is 34.5. The predicted molar refractivity (Wildman–Crippen MR) is 171 cm³/mol. The second-order valence-corrected chi connectivity index (χ2v) is 22.1. The predicted octanol–water partition coefficient (Wildman–Crippen LogP) is 8.19. The largest absolute Gasteiger partial charge is 0.443 e. The fraction of sp³-hybridized carbons (Fsp3) is 0.786. The van der Waals surface area contributed by atoms with Gasteiger partial charge in [-0.2, -0.15) is 4.90 Å². The van der Waals surface area contributed by atoms with Crippen molar-refractivity contribution in [1.29, 1.82) is 0 Å². The number of thioether (sulfide) groups is 1. The third-order valence-electron chi connectivity index (χ3n) is 7.44. The van der Waals surface area contributed by atoms with Crippen LogP contribution in [0.15, 0.2) is 15.0 Å². The van der Waals surface area contributed by atoms with E-state index >= 15 is 0 Å². The summed E-state index contributed by atoms with van der Waals surface area (Å²) in [7, 11) is -1.99. The number of imide groups is 1. The van der Waals surface area contributed by atoms with Crippen LogP contribution in [-0.4, -0.2) is 71.3 Å². The van der Waals surface area contributed by atoms with Crippen LogP contribution in [0.3, 0.4) is 0 Å². The molecular formula is C28H46BrN3O6S2Si. The second kappa shape index (κ2) is 11.8.